The molecule has 2 atom stereocenters. The van der Waals surface area contributed by atoms with E-state index in [2.05, 4.69) is 24.2 Å². The van der Waals surface area contributed by atoms with Gasteiger partial charge in [-0.3, -0.25) is 0 Å². The zero-order valence-corrected chi connectivity index (χ0v) is 13.3. The van der Waals surface area contributed by atoms with Gasteiger partial charge in [0.1, 0.15) is 0 Å². The van der Waals surface area contributed by atoms with Crippen molar-refractivity contribution in [2.75, 3.05) is 24.7 Å². The van der Waals surface area contributed by atoms with Gasteiger partial charge in [-0.1, -0.05) is 19.1 Å². The molecule has 1 fully saturated rings. The lowest BCUT2D eigenvalue weighted by atomic mass is 9.99. The molecule has 1 aromatic carbocycles. The Morgan fingerprint density at radius 3 is 2.70 bits per heavy atom. The molecule has 4 nitrogen and oxygen atoms in total. The number of anilines is 1. The number of sulfone groups is 1. The molecule has 1 saturated heterocycles. The van der Waals surface area contributed by atoms with Gasteiger partial charge in [0.05, 0.1) is 16.3 Å². The van der Waals surface area contributed by atoms with E-state index in [1.165, 1.54) is 0 Å². The molecule has 1 aromatic rings. The highest BCUT2D eigenvalue weighted by molar-refractivity contribution is 7.91. The summed E-state index contributed by atoms with van der Waals surface area (Å²) in [6.45, 7) is 4.94. The van der Waals surface area contributed by atoms with E-state index in [-0.39, 0.29) is 5.75 Å². The molecule has 5 heteroatoms. The Morgan fingerprint density at radius 2 is 2.05 bits per heavy atom. The molecule has 0 bridgehead atoms. The molecule has 0 saturated carbocycles. The summed E-state index contributed by atoms with van der Waals surface area (Å²) in [5.41, 5.74) is 0.746. The van der Waals surface area contributed by atoms with Crippen LogP contribution >= 0.6 is 0 Å². The number of benzene rings is 1. The molecule has 2 unspecified atom stereocenters. The standard InChI is InChI=1S/C15H24N2O2S/c1-4-20(18,19)15-8-6-5-7-14(15)16-13-9-10-17(3)12(2)11-13/h5-8,12-13,16H,4,9-11H2,1-3H3. The third kappa shape index (κ3) is 3.33. The highest BCUT2D eigenvalue weighted by Crippen LogP contribution is 2.26. The monoisotopic (exact) mass is 296 g/mol. The summed E-state index contributed by atoms with van der Waals surface area (Å²) < 4.78 is 24.3. The fourth-order valence-corrected chi connectivity index (χ4v) is 3.71. The average Bonchev–Trinajstić information content (AvgIpc) is 2.43. The first-order valence-electron chi connectivity index (χ1n) is 7.22. The predicted octanol–water partition coefficient (Wildman–Crippen LogP) is 2.37. The maximum absolute atomic E-state index is 12.1. The van der Waals surface area contributed by atoms with E-state index in [0.29, 0.717) is 17.0 Å². The first-order valence-corrected chi connectivity index (χ1v) is 8.88. The minimum atomic E-state index is -3.18. The Morgan fingerprint density at radius 1 is 1.35 bits per heavy atom. The summed E-state index contributed by atoms with van der Waals surface area (Å²) in [5, 5.41) is 3.44. The minimum absolute atomic E-state index is 0.134. The normalized spacial score (nSPS) is 24.6. The van der Waals surface area contributed by atoms with Crippen molar-refractivity contribution < 1.29 is 8.42 Å². The smallest absolute Gasteiger partial charge is 0.180 e. The molecule has 0 aliphatic carbocycles. The second-order valence-electron chi connectivity index (χ2n) is 5.59. The number of nitrogens with zero attached hydrogens (tertiary/aromatic N) is 1. The average molecular weight is 296 g/mol. The van der Waals surface area contributed by atoms with Crippen LogP contribution < -0.4 is 5.32 Å². The van der Waals surface area contributed by atoms with Crippen LogP contribution in [-0.4, -0.2) is 44.7 Å². The van der Waals surface area contributed by atoms with Crippen LogP contribution in [0.5, 0.6) is 0 Å². The van der Waals surface area contributed by atoms with Crippen LogP contribution in [0.4, 0.5) is 5.69 Å². The van der Waals surface area contributed by atoms with Gasteiger partial charge in [-0.2, -0.15) is 0 Å². The molecule has 20 heavy (non-hydrogen) atoms. The van der Waals surface area contributed by atoms with Crippen LogP contribution in [0, 0.1) is 0 Å². The second-order valence-corrected chi connectivity index (χ2v) is 7.84. The number of hydrogen-bond donors (Lipinski definition) is 1. The Balaban J connectivity index is 2.18. The Kier molecular flexibility index (Phi) is 4.70. The summed E-state index contributed by atoms with van der Waals surface area (Å²) in [6.07, 6.45) is 2.08. The van der Waals surface area contributed by atoms with Gasteiger partial charge < -0.3 is 10.2 Å². The Bertz CT molecular complexity index is 557. The van der Waals surface area contributed by atoms with Crippen molar-refractivity contribution in [3.8, 4) is 0 Å². The van der Waals surface area contributed by atoms with Gasteiger partial charge in [0, 0.05) is 18.6 Å². The third-order valence-corrected chi connectivity index (χ3v) is 5.96. The number of piperidine rings is 1. The van der Waals surface area contributed by atoms with Crippen LogP contribution in [0.2, 0.25) is 0 Å². The van der Waals surface area contributed by atoms with E-state index in [9.17, 15) is 8.42 Å². The maximum atomic E-state index is 12.1. The van der Waals surface area contributed by atoms with Crippen LogP contribution in [-0.2, 0) is 9.84 Å². The number of likely N-dealkylation sites (tertiary alicyclic amines) is 1. The van der Waals surface area contributed by atoms with Crippen LogP contribution in [0.1, 0.15) is 26.7 Å². The minimum Gasteiger partial charge on any atom is -0.381 e. The first kappa shape index (κ1) is 15.3. The zero-order chi connectivity index (χ0) is 14.8. The molecule has 0 spiro atoms. The van der Waals surface area contributed by atoms with E-state index >= 15 is 0 Å². The molecular weight excluding hydrogens is 272 g/mol. The van der Waals surface area contributed by atoms with E-state index < -0.39 is 9.84 Å². The van der Waals surface area contributed by atoms with Crippen LogP contribution in [0.15, 0.2) is 29.2 Å². The number of para-hydroxylation sites is 1. The summed E-state index contributed by atoms with van der Waals surface area (Å²) in [5.74, 6) is 0.134. The highest BCUT2D eigenvalue weighted by Gasteiger charge is 2.24. The summed E-state index contributed by atoms with van der Waals surface area (Å²) in [4.78, 5) is 2.77. The molecule has 0 radical (unpaired) electrons. The molecule has 112 valence electrons. The van der Waals surface area contributed by atoms with Crippen molar-refractivity contribution in [3.05, 3.63) is 24.3 Å². The SMILES string of the molecule is CCS(=O)(=O)c1ccccc1NC1CCN(C)C(C)C1. The van der Waals surface area contributed by atoms with Crippen molar-refractivity contribution in [2.24, 2.45) is 0 Å². The van der Waals surface area contributed by atoms with Crippen molar-refractivity contribution in [1.29, 1.82) is 0 Å². The van der Waals surface area contributed by atoms with Gasteiger partial charge >= 0.3 is 0 Å². The van der Waals surface area contributed by atoms with Crippen molar-refractivity contribution in [2.45, 2.75) is 43.7 Å². The lowest BCUT2D eigenvalue weighted by Crippen LogP contribution is -2.42. The zero-order valence-electron chi connectivity index (χ0n) is 12.5. The quantitative estimate of drug-likeness (QED) is 0.927. The fraction of sp³-hybridized carbons (Fsp3) is 0.600. The van der Waals surface area contributed by atoms with Gasteiger partial charge in [0.25, 0.3) is 0 Å². The molecular formula is C15H24N2O2S. The van der Waals surface area contributed by atoms with Crippen molar-refractivity contribution in [3.63, 3.8) is 0 Å². The Hall–Kier alpha value is -1.07. The van der Waals surface area contributed by atoms with Gasteiger partial charge in [-0.15, -0.1) is 0 Å². The fourth-order valence-electron chi connectivity index (χ4n) is 2.65. The van der Waals surface area contributed by atoms with Gasteiger partial charge in [-0.05, 0) is 38.9 Å². The predicted molar refractivity (Wildman–Crippen MR) is 82.9 cm³/mol. The number of nitrogens with one attached hydrogen (secondary N) is 1. The van der Waals surface area contributed by atoms with Crippen molar-refractivity contribution in [1.82, 2.24) is 4.90 Å². The molecule has 1 heterocycles. The number of rotatable bonds is 4. The highest BCUT2D eigenvalue weighted by atomic mass is 32.2. The third-order valence-electron chi connectivity index (χ3n) is 4.17. The molecule has 0 aromatic heterocycles. The van der Waals surface area contributed by atoms with Gasteiger partial charge in [0.15, 0.2) is 9.84 Å². The van der Waals surface area contributed by atoms with E-state index in [1.54, 1.807) is 19.1 Å². The maximum Gasteiger partial charge on any atom is 0.180 e. The van der Waals surface area contributed by atoms with Crippen LogP contribution in [0.25, 0.3) is 0 Å². The molecule has 2 rings (SSSR count). The van der Waals surface area contributed by atoms with E-state index in [1.807, 2.05) is 12.1 Å². The molecule has 1 aliphatic rings. The van der Waals surface area contributed by atoms with E-state index in [4.69, 9.17) is 0 Å². The summed E-state index contributed by atoms with van der Waals surface area (Å²) in [6, 6.07) is 8.09. The largest absolute Gasteiger partial charge is 0.381 e. The number of hydrogen-bond acceptors (Lipinski definition) is 4. The summed E-state index contributed by atoms with van der Waals surface area (Å²) >= 11 is 0. The molecule has 1 N–H and O–H groups in total. The topological polar surface area (TPSA) is 49.4 Å². The lowest BCUT2D eigenvalue weighted by molar-refractivity contribution is 0.190. The molecule has 1 aliphatic heterocycles. The summed E-state index contributed by atoms with van der Waals surface area (Å²) in [7, 11) is -1.04. The van der Waals surface area contributed by atoms with Gasteiger partial charge in [0.2, 0.25) is 0 Å². The second kappa shape index (κ2) is 6.14. The van der Waals surface area contributed by atoms with Gasteiger partial charge in [-0.25, -0.2) is 8.42 Å². The molecule has 0 amide bonds. The first-order chi connectivity index (χ1) is 9.44. The Labute approximate surface area is 122 Å². The lowest BCUT2D eigenvalue weighted by Gasteiger charge is -2.36. The van der Waals surface area contributed by atoms with Crippen molar-refractivity contribution >= 4 is 15.5 Å². The van der Waals surface area contributed by atoms with Crippen LogP contribution in [0.3, 0.4) is 0 Å². The van der Waals surface area contributed by atoms with E-state index in [0.717, 1.165) is 25.1 Å².